The Bertz CT molecular complexity index is 498. The van der Waals surface area contributed by atoms with Crippen molar-refractivity contribution in [3.05, 3.63) is 22.7 Å². The number of aromatic amines is 1. The Morgan fingerprint density at radius 1 is 1.54 bits per heavy atom. The SMILES string of the molecule is COc1cc(N)c2oc(=O)[nH]c2c1. The molecule has 2 aromatic rings. The monoisotopic (exact) mass is 180 g/mol. The fraction of sp³-hybridized carbons (Fsp3) is 0.125. The largest absolute Gasteiger partial charge is 0.497 e. The zero-order valence-corrected chi connectivity index (χ0v) is 6.96. The molecule has 68 valence electrons. The molecule has 2 rings (SSSR count). The first-order valence-electron chi connectivity index (χ1n) is 3.67. The Hall–Kier alpha value is -1.91. The van der Waals surface area contributed by atoms with Gasteiger partial charge in [-0.15, -0.1) is 0 Å². The average Bonchev–Trinajstić information content (AvgIpc) is 2.46. The van der Waals surface area contributed by atoms with Gasteiger partial charge < -0.3 is 14.9 Å². The lowest BCUT2D eigenvalue weighted by Crippen LogP contribution is -1.92. The molecule has 0 bridgehead atoms. The van der Waals surface area contributed by atoms with Gasteiger partial charge in [-0.2, -0.15) is 0 Å². The molecule has 0 fully saturated rings. The van der Waals surface area contributed by atoms with Crippen molar-refractivity contribution in [2.45, 2.75) is 0 Å². The second kappa shape index (κ2) is 2.55. The summed E-state index contributed by atoms with van der Waals surface area (Å²) in [5, 5.41) is 0. The maximum atomic E-state index is 10.8. The molecule has 0 aliphatic rings. The number of hydrogen-bond acceptors (Lipinski definition) is 4. The zero-order chi connectivity index (χ0) is 9.42. The van der Waals surface area contributed by atoms with Crippen molar-refractivity contribution in [2.24, 2.45) is 0 Å². The molecule has 0 aliphatic carbocycles. The van der Waals surface area contributed by atoms with Crippen LogP contribution in [0.1, 0.15) is 0 Å². The van der Waals surface area contributed by atoms with Crippen molar-refractivity contribution < 1.29 is 9.15 Å². The third kappa shape index (κ3) is 1.14. The minimum atomic E-state index is -0.519. The van der Waals surface area contributed by atoms with Gasteiger partial charge in [-0.05, 0) is 0 Å². The quantitative estimate of drug-likeness (QED) is 0.633. The highest BCUT2D eigenvalue weighted by molar-refractivity contribution is 5.86. The number of nitrogen functional groups attached to an aromatic ring is 1. The summed E-state index contributed by atoms with van der Waals surface area (Å²) >= 11 is 0. The maximum absolute atomic E-state index is 10.8. The summed E-state index contributed by atoms with van der Waals surface area (Å²) in [6.07, 6.45) is 0. The predicted octanol–water partition coefficient (Wildman–Crippen LogP) is 0.712. The number of methoxy groups -OCH3 is 1. The Morgan fingerprint density at radius 3 is 3.00 bits per heavy atom. The smallest absolute Gasteiger partial charge is 0.417 e. The van der Waals surface area contributed by atoms with Crippen LogP contribution in [0.5, 0.6) is 5.75 Å². The summed E-state index contributed by atoms with van der Waals surface area (Å²) in [6.45, 7) is 0. The predicted molar refractivity (Wildman–Crippen MR) is 47.8 cm³/mol. The fourth-order valence-corrected chi connectivity index (χ4v) is 1.18. The highest BCUT2D eigenvalue weighted by Crippen LogP contribution is 2.24. The molecule has 3 N–H and O–H groups in total. The van der Waals surface area contributed by atoms with Gasteiger partial charge in [-0.3, -0.25) is 4.98 Å². The first-order chi connectivity index (χ1) is 6.20. The zero-order valence-electron chi connectivity index (χ0n) is 6.96. The molecular formula is C8H8N2O3. The topological polar surface area (TPSA) is 81.2 Å². The standard InChI is InChI=1S/C8H8N2O3/c1-12-4-2-5(9)7-6(3-4)10-8(11)13-7/h2-3H,9H2,1H3,(H,10,11). The Morgan fingerprint density at radius 2 is 2.31 bits per heavy atom. The van der Waals surface area contributed by atoms with Gasteiger partial charge in [0.15, 0.2) is 5.58 Å². The van der Waals surface area contributed by atoms with Crippen molar-refractivity contribution in [3.8, 4) is 5.75 Å². The van der Waals surface area contributed by atoms with Crippen LogP contribution >= 0.6 is 0 Å². The third-order valence-electron chi connectivity index (χ3n) is 1.76. The second-order valence-corrected chi connectivity index (χ2v) is 2.61. The summed E-state index contributed by atoms with van der Waals surface area (Å²) in [5.41, 5.74) is 6.91. The van der Waals surface area contributed by atoms with Crippen LogP contribution < -0.4 is 16.2 Å². The Labute approximate surface area is 73.1 Å². The molecule has 1 aromatic carbocycles. The molecule has 1 heterocycles. The fourth-order valence-electron chi connectivity index (χ4n) is 1.18. The van der Waals surface area contributed by atoms with E-state index in [1.54, 1.807) is 12.1 Å². The molecule has 5 nitrogen and oxygen atoms in total. The molecule has 0 amide bonds. The second-order valence-electron chi connectivity index (χ2n) is 2.61. The van der Waals surface area contributed by atoms with E-state index in [2.05, 4.69) is 4.98 Å². The normalized spacial score (nSPS) is 10.5. The van der Waals surface area contributed by atoms with E-state index in [0.29, 0.717) is 22.5 Å². The molecule has 0 spiro atoms. The summed E-state index contributed by atoms with van der Waals surface area (Å²) in [6, 6.07) is 3.25. The van der Waals surface area contributed by atoms with Crippen LogP contribution in [0.2, 0.25) is 0 Å². The number of H-pyrrole nitrogens is 1. The van der Waals surface area contributed by atoms with Crippen LogP contribution in [0.15, 0.2) is 21.3 Å². The van der Waals surface area contributed by atoms with Crippen LogP contribution in [0.25, 0.3) is 11.1 Å². The van der Waals surface area contributed by atoms with Crippen molar-refractivity contribution in [3.63, 3.8) is 0 Å². The number of benzene rings is 1. The van der Waals surface area contributed by atoms with E-state index in [4.69, 9.17) is 14.9 Å². The van der Waals surface area contributed by atoms with Crippen molar-refractivity contribution in [1.82, 2.24) is 4.98 Å². The van der Waals surface area contributed by atoms with Gasteiger partial charge in [0, 0.05) is 12.1 Å². The number of aromatic nitrogens is 1. The number of nitrogens with one attached hydrogen (secondary N) is 1. The summed E-state index contributed by atoms with van der Waals surface area (Å²) in [5.74, 6) is 0.0667. The molecule has 0 saturated heterocycles. The van der Waals surface area contributed by atoms with Gasteiger partial charge in [0.2, 0.25) is 0 Å². The van der Waals surface area contributed by atoms with Gasteiger partial charge in [0.25, 0.3) is 0 Å². The highest BCUT2D eigenvalue weighted by Gasteiger charge is 2.06. The number of ether oxygens (including phenoxy) is 1. The maximum Gasteiger partial charge on any atom is 0.417 e. The molecule has 0 aliphatic heterocycles. The van der Waals surface area contributed by atoms with Gasteiger partial charge in [0.05, 0.1) is 18.3 Å². The van der Waals surface area contributed by atoms with Crippen LogP contribution in [0.3, 0.4) is 0 Å². The number of anilines is 1. The van der Waals surface area contributed by atoms with E-state index in [0.717, 1.165) is 0 Å². The van der Waals surface area contributed by atoms with Crippen LogP contribution in [-0.4, -0.2) is 12.1 Å². The summed E-state index contributed by atoms with van der Waals surface area (Å²) < 4.78 is 9.78. The lowest BCUT2D eigenvalue weighted by molar-refractivity contribution is 0.415. The summed E-state index contributed by atoms with van der Waals surface area (Å²) in [4.78, 5) is 13.3. The lowest BCUT2D eigenvalue weighted by atomic mass is 10.2. The lowest BCUT2D eigenvalue weighted by Gasteiger charge is -1.99. The minimum Gasteiger partial charge on any atom is -0.497 e. The van der Waals surface area contributed by atoms with Gasteiger partial charge in [-0.1, -0.05) is 0 Å². The van der Waals surface area contributed by atoms with Gasteiger partial charge >= 0.3 is 5.76 Å². The van der Waals surface area contributed by atoms with E-state index in [1.807, 2.05) is 0 Å². The Balaban J connectivity index is 2.83. The number of oxazole rings is 1. The summed E-state index contributed by atoms with van der Waals surface area (Å²) in [7, 11) is 1.53. The number of nitrogens with two attached hydrogens (primary N) is 1. The number of hydrogen-bond donors (Lipinski definition) is 2. The molecular weight excluding hydrogens is 172 g/mol. The van der Waals surface area contributed by atoms with E-state index < -0.39 is 5.76 Å². The van der Waals surface area contributed by atoms with Crippen LogP contribution in [0, 0.1) is 0 Å². The molecule has 0 saturated carbocycles. The number of fused-ring (bicyclic) bond motifs is 1. The van der Waals surface area contributed by atoms with Gasteiger partial charge in [-0.25, -0.2) is 4.79 Å². The van der Waals surface area contributed by atoms with E-state index >= 15 is 0 Å². The number of rotatable bonds is 1. The minimum absolute atomic E-state index is 0.366. The van der Waals surface area contributed by atoms with E-state index in [1.165, 1.54) is 7.11 Å². The third-order valence-corrected chi connectivity index (χ3v) is 1.76. The first kappa shape index (κ1) is 7.72. The first-order valence-corrected chi connectivity index (χ1v) is 3.67. The van der Waals surface area contributed by atoms with Gasteiger partial charge in [0.1, 0.15) is 5.75 Å². The van der Waals surface area contributed by atoms with E-state index in [9.17, 15) is 4.79 Å². The average molecular weight is 180 g/mol. The van der Waals surface area contributed by atoms with Crippen molar-refractivity contribution >= 4 is 16.8 Å². The van der Waals surface area contributed by atoms with Crippen molar-refractivity contribution in [1.29, 1.82) is 0 Å². The molecule has 0 radical (unpaired) electrons. The molecule has 0 atom stereocenters. The molecule has 13 heavy (non-hydrogen) atoms. The Kier molecular flexibility index (Phi) is 1.51. The highest BCUT2D eigenvalue weighted by atomic mass is 16.5. The molecule has 0 unspecified atom stereocenters. The molecule has 1 aromatic heterocycles. The van der Waals surface area contributed by atoms with E-state index in [-0.39, 0.29) is 0 Å². The van der Waals surface area contributed by atoms with Crippen molar-refractivity contribution in [2.75, 3.05) is 12.8 Å². The van der Waals surface area contributed by atoms with Crippen LogP contribution in [0.4, 0.5) is 5.69 Å². The van der Waals surface area contributed by atoms with Crippen LogP contribution in [-0.2, 0) is 0 Å². The molecule has 5 heteroatoms.